The summed E-state index contributed by atoms with van der Waals surface area (Å²) in [5.74, 6) is 0.566. The first-order valence-electron chi connectivity index (χ1n) is 11.9. The maximum absolute atomic E-state index is 9.85. The van der Waals surface area contributed by atoms with Crippen molar-refractivity contribution in [3.8, 4) is 16.9 Å². The van der Waals surface area contributed by atoms with Crippen LogP contribution in [0.5, 0.6) is 5.75 Å². The molecule has 0 amide bonds. The van der Waals surface area contributed by atoms with Crippen molar-refractivity contribution >= 4 is 22.7 Å². The lowest BCUT2D eigenvalue weighted by molar-refractivity contribution is 0.195. The van der Waals surface area contributed by atoms with Crippen LogP contribution in [0.1, 0.15) is 30.0 Å². The minimum absolute atomic E-state index is 0.169. The van der Waals surface area contributed by atoms with E-state index in [0.29, 0.717) is 19.0 Å². The molecule has 35 heavy (non-hydrogen) atoms. The van der Waals surface area contributed by atoms with E-state index < -0.39 is 0 Å². The van der Waals surface area contributed by atoms with Gasteiger partial charge in [0, 0.05) is 24.9 Å². The molecule has 2 aromatic heterocycles. The van der Waals surface area contributed by atoms with Crippen molar-refractivity contribution in [2.45, 2.75) is 32.4 Å². The largest absolute Gasteiger partial charge is 0.508 e. The number of aromatic nitrogens is 2. The lowest BCUT2D eigenvalue weighted by atomic mass is 10.0. The van der Waals surface area contributed by atoms with Gasteiger partial charge in [-0.2, -0.15) is 5.10 Å². The SMILES string of the molecule is CCc1cc(O)ccc1N=C(N)c1cnn2cc(-c3ccccc3CN)cc2c1N[C@H]1CCOC1. The molecule has 1 fully saturated rings. The molecule has 4 aromatic rings. The van der Waals surface area contributed by atoms with Crippen LogP contribution in [0.15, 0.2) is 65.9 Å². The Hall–Kier alpha value is -3.88. The van der Waals surface area contributed by atoms with Crippen molar-refractivity contribution in [3.05, 3.63) is 77.6 Å². The second kappa shape index (κ2) is 9.77. The lowest BCUT2D eigenvalue weighted by Crippen LogP contribution is -2.24. The van der Waals surface area contributed by atoms with E-state index in [4.69, 9.17) is 21.2 Å². The van der Waals surface area contributed by atoms with Gasteiger partial charge in [0.1, 0.15) is 11.6 Å². The van der Waals surface area contributed by atoms with Gasteiger partial charge in [0.15, 0.2) is 0 Å². The van der Waals surface area contributed by atoms with Gasteiger partial charge in [0.05, 0.1) is 41.3 Å². The van der Waals surface area contributed by atoms with Crippen molar-refractivity contribution < 1.29 is 9.84 Å². The highest BCUT2D eigenvalue weighted by Crippen LogP contribution is 2.32. The van der Waals surface area contributed by atoms with Gasteiger partial charge in [0.25, 0.3) is 0 Å². The maximum Gasteiger partial charge on any atom is 0.135 e. The summed E-state index contributed by atoms with van der Waals surface area (Å²) in [4.78, 5) is 4.72. The Kier molecular flexibility index (Phi) is 6.39. The van der Waals surface area contributed by atoms with Crippen molar-refractivity contribution in [2.75, 3.05) is 18.5 Å². The number of aromatic hydroxyl groups is 1. The molecular weight excluding hydrogens is 440 g/mol. The summed E-state index contributed by atoms with van der Waals surface area (Å²) >= 11 is 0. The van der Waals surface area contributed by atoms with Crippen LogP contribution in [0, 0.1) is 0 Å². The van der Waals surface area contributed by atoms with E-state index in [0.717, 1.165) is 64.2 Å². The van der Waals surface area contributed by atoms with Crippen LogP contribution in [0.4, 0.5) is 11.4 Å². The number of phenolic OH excluding ortho intramolecular Hbond substituents is 1. The molecule has 0 aliphatic carbocycles. The zero-order chi connectivity index (χ0) is 24.4. The molecule has 0 spiro atoms. The Morgan fingerprint density at radius 1 is 1.23 bits per heavy atom. The molecule has 180 valence electrons. The second-order valence-corrected chi connectivity index (χ2v) is 8.72. The molecule has 1 saturated heterocycles. The van der Waals surface area contributed by atoms with Crippen molar-refractivity contribution in [2.24, 2.45) is 16.5 Å². The summed E-state index contributed by atoms with van der Waals surface area (Å²) in [6, 6.07) is 15.5. The monoisotopic (exact) mass is 470 g/mol. The van der Waals surface area contributed by atoms with Crippen LogP contribution in [-0.4, -0.2) is 39.8 Å². The fourth-order valence-corrected chi connectivity index (χ4v) is 4.54. The van der Waals surface area contributed by atoms with Gasteiger partial charge in [-0.15, -0.1) is 0 Å². The predicted octanol–water partition coefficient (Wildman–Crippen LogP) is 3.97. The Morgan fingerprint density at radius 2 is 2.09 bits per heavy atom. The Labute approximate surface area is 204 Å². The van der Waals surface area contributed by atoms with Gasteiger partial charge in [-0.1, -0.05) is 31.2 Å². The summed E-state index contributed by atoms with van der Waals surface area (Å²) in [6.07, 6.45) is 5.39. The number of aryl methyl sites for hydroxylation is 1. The number of nitrogens with one attached hydrogen (secondary N) is 1. The zero-order valence-corrected chi connectivity index (χ0v) is 19.7. The molecule has 8 heteroatoms. The fourth-order valence-electron chi connectivity index (χ4n) is 4.54. The van der Waals surface area contributed by atoms with E-state index in [-0.39, 0.29) is 11.8 Å². The van der Waals surface area contributed by atoms with E-state index in [1.807, 2.05) is 35.8 Å². The minimum Gasteiger partial charge on any atom is -0.508 e. The molecule has 1 aliphatic heterocycles. The van der Waals surface area contributed by atoms with Crippen LogP contribution in [0.25, 0.3) is 16.6 Å². The Morgan fingerprint density at radius 3 is 2.86 bits per heavy atom. The number of nitrogens with zero attached hydrogens (tertiary/aromatic N) is 3. The number of hydrogen-bond donors (Lipinski definition) is 4. The molecule has 5 rings (SSSR count). The molecule has 0 saturated carbocycles. The molecule has 0 radical (unpaired) electrons. The van der Waals surface area contributed by atoms with Crippen molar-refractivity contribution in [1.29, 1.82) is 0 Å². The summed E-state index contributed by atoms with van der Waals surface area (Å²) in [6.45, 7) is 3.83. The third-order valence-corrected chi connectivity index (χ3v) is 6.42. The number of anilines is 1. The van der Waals surface area contributed by atoms with Gasteiger partial charge in [-0.25, -0.2) is 9.51 Å². The van der Waals surface area contributed by atoms with Crippen LogP contribution < -0.4 is 16.8 Å². The van der Waals surface area contributed by atoms with Crippen LogP contribution in [-0.2, 0) is 17.7 Å². The summed E-state index contributed by atoms with van der Waals surface area (Å²) < 4.78 is 7.46. The summed E-state index contributed by atoms with van der Waals surface area (Å²) in [5, 5.41) is 18.1. The normalized spacial score (nSPS) is 16.2. The number of benzene rings is 2. The van der Waals surface area contributed by atoms with E-state index in [2.05, 4.69) is 22.5 Å². The quantitative estimate of drug-likeness (QED) is 0.239. The number of nitrogens with two attached hydrogens (primary N) is 2. The number of aliphatic imine (C=N–C) groups is 1. The highest BCUT2D eigenvalue weighted by atomic mass is 16.5. The minimum atomic E-state index is 0.169. The van der Waals surface area contributed by atoms with Gasteiger partial charge < -0.3 is 26.6 Å². The topological polar surface area (TPSA) is 123 Å². The third-order valence-electron chi connectivity index (χ3n) is 6.42. The molecule has 3 heterocycles. The highest BCUT2D eigenvalue weighted by Gasteiger charge is 2.21. The van der Waals surface area contributed by atoms with Gasteiger partial charge >= 0.3 is 0 Å². The number of rotatable bonds is 7. The number of amidine groups is 1. The molecule has 1 atom stereocenters. The molecule has 8 nitrogen and oxygen atoms in total. The van der Waals surface area contributed by atoms with E-state index >= 15 is 0 Å². The van der Waals surface area contributed by atoms with Crippen LogP contribution in [0.3, 0.4) is 0 Å². The molecule has 2 aromatic carbocycles. The van der Waals surface area contributed by atoms with Crippen molar-refractivity contribution in [3.63, 3.8) is 0 Å². The average molecular weight is 471 g/mol. The standard InChI is InChI=1S/C27H30N6O2/c1-2-17-11-21(34)7-8-24(17)32-27(29)23-14-30-33-15-19(22-6-4-3-5-18(22)13-28)12-25(33)26(23)31-20-9-10-35-16-20/h3-8,11-12,14-15,20,31,34H,2,9-10,13,16,28H2,1H3,(H2,29,32)/t20-/m0/s1. The number of phenols is 1. The van der Waals surface area contributed by atoms with Gasteiger partial charge in [-0.05, 0) is 53.8 Å². The Balaban J connectivity index is 1.64. The first-order chi connectivity index (χ1) is 17.1. The van der Waals surface area contributed by atoms with Gasteiger partial charge in [-0.3, -0.25) is 0 Å². The van der Waals surface area contributed by atoms with Crippen LogP contribution >= 0.6 is 0 Å². The molecular formula is C27H30N6O2. The van der Waals surface area contributed by atoms with Crippen molar-refractivity contribution in [1.82, 2.24) is 9.61 Å². The molecule has 0 unspecified atom stereocenters. The molecule has 0 bridgehead atoms. The predicted molar refractivity (Wildman–Crippen MR) is 139 cm³/mol. The second-order valence-electron chi connectivity index (χ2n) is 8.72. The Bertz CT molecular complexity index is 1390. The number of fused-ring (bicyclic) bond motifs is 1. The van der Waals surface area contributed by atoms with Gasteiger partial charge in [0.2, 0.25) is 0 Å². The van der Waals surface area contributed by atoms with Crippen LogP contribution in [0.2, 0.25) is 0 Å². The van der Waals surface area contributed by atoms with E-state index in [1.165, 1.54) is 0 Å². The summed E-state index contributed by atoms with van der Waals surface area (Å²) in [7, 11) is 0. The number of ether oxygens (including phenoxy) is 1. The molecule has 6 N–H and O–H groups in total. The molecule has 1 aliphatic rings. The first kappa shape index (κ1) is 22.9. The summed E-state index contributed by atoms with van der Waals surface area (Å²) in [5.41, 5.74) is 19.9. The maximum atomic E-state index is 9.85. The third kappa shape index (κ3) is 4.58. The first-order valence-corrected chi connectivity index (χ1v) is 11.9. The fraction of sp³-hybridized carbons (Fsp3) is 0.259. The smallest absolute Gasteiger partial charge is 0.135 e. The zero-order valence-electron chi connectivity index (χ0n) is 19.7. The lowest BCUT2D eigenvalue weighted by Gasteiger charge is -2.17. The van der Waals surface area contributed by atoms with E-state index in [1.54, 1.807) is 24.4 Å². The van der Waals surface area contributed by atoms with E-state index in [9.17, 15) is 5.11 Å². The average Bonchev–Trinajstić information content (AvgIpc) is 3.55. The highest BCUT2D eigenvalue weighted by molar-refractivity contribution is 6.06. The number of hydrogen-bond acceptors (Lipinski definition) is 6.